The molecule has 0 aromatic carbocycles. The minimum Gasteiger partial charge on any atom is -0.297 e. The van der Waals surface area contributed by atoms with Crippen molar-refractivity contribution in [3.05, 3.63) is 28.2 Å². The highest BCUT2D eigenvalue weighted by Gasteiger charge is 2.08. The van der Waals surface area contributed by atoms with E-state index in [2.05, 4.69) is 4.98 Å². The Morgan fingerprint density at radius 3 is 3.08 bits per heavy atom. The van der Waals surface area contributed by atoms with Gasteiger partial charge in [0.25, 0.3) is 0 Å². The number of pyridine rings is 1. The summed E-state index contributed by atoms with van der Waals surface area (Å²) in [6.45, 7) is 0. The molecule has 60 valence electrons. The second kappa shape index (κ2) is 2.84. The van der Waals surface area contributed by atoms with Gasteiger partial charge in [0, 0.05) is 11.6 Å². The molecule has 0 saturated heterocycles. The van der Waals surface area contributed by atoms with Gasteiger partial charge in [0.1, 0.15) is 4.83 Å². The van der Waals surface area contributed by atoms with Gasteiger partial charge in [-0.15, -0.1) is 11.3 Å². The number of halogens is 1. The Morgan fingerprint density at radius 1 is 1.58 bits per heavy atom. The van der Waals surface area contributed by atoms with Crippen molar-refractivity contribution in [2.45, 2.75) is 0 Å². The molecule has 0 aliphatic rings. The molecule has 0 N–H and O–H groups in total. The maximum Gasteiger partial charge on any atom is 0.161 e. The van der Waals surface area contributed by atoms with Crippen LogP contribution in [-0.2, 0) is 0 Å². The van der Waals surface area contributed by atoms with Gasteiger partial charge in [0.2, 0.25) is 0 Å². The summed E-state index contributed by atoms with van der Waals surface area (Å²) in [6.07, 6.45) is 2.44. The summed E-state index contributed by atoms with van der Waals surface area (Å²) in [7, 11) is 0. The van der Waals surface area contributed by atoms with Crippen LogP contribution >= 0.6 is 22.9 Å². The third-order valence-corrected chi connectivity index (χ3v) is 3.10. The second-order valence-electron chi connectivity index (χ2n) is 2.25. The third kappa shape index (κ3) is 1.02. The van der Waals surface area contributed by atoms with Gasteiger partial charge in [-0.05, 0) is 12.1 Å². The highest BCUT2D eigenvalue weighted by molar-refractivity contribution is 7.20. The minimum absolute atomic E-state index is 0.512. The molecule has 2 aromatic heterocycles. The largest absolute Gasteiger partial charge is 0.297 e. The summed E-state index contributed by atoms with van der Waals surface area (Å²) in [5, 5.41) is 1.37. The van der Waals surface area contributed by atoms with E-state index in [1.165, 1.54) is 11.3 Å². The number of hydrogen-bond acceptors (Lipinski definition) is 3. The number of carbonyl (C=O) groups excluding carboxylic acids is 1. The predicted molar refractivity (Wildman–Crippen MR) is 50.0 cm³/mol. The summed E-state index contributed by atoms with van der Waals surface area (Å²) in [6, 6.07) is 3.66. The van der Waals surface area contributed by atoms with Crippen molar-refractivity contribution in [2.75, 3.05) is 0 Å². The van der Waals surface area contributed by atoms with Gasteiger partial charge in [-0.2, -0.15) is 0 Å². The van der Waals surface area contributed by atoms with E-state index >= 15 is 0 Å². The molecular formula is C8H4ClNOS. The normalized spacial score (nSPS) is 10.4. The quantitative estimate of drug-likeness (QED) is 0.658. The average molecular weight is 198 g/mol. The van der Waals surface area contributed by atoms with Crippen LogP contribution in [0.15, 0.2) is 18.3 Å². The molecular weight excluding hydrogens is 194 g/mol. The Bertz CT molecular complexity index is 438. The van der Waals surface area contributed by atoms with Gasteiger partial charge in [0.15, 0.2) is 6.29 Å². The molecule has 4 heteroatoms. The van der Waals surface area contributed by atoms with Crippen molar-refractivity contribution >= 4 is 39.4 Å². The van der Waals surface area contributed by atoms with Crippen LogP contribution in [0.1, 0.15) is 9.67 Å². The number of hydrogen-bond donors (Lipinski definition) is 0. The summed E-state index contributed by atoms with van der Waals surface area (Å²) in [4.78, 5) is 15.9. The summed E-state index contributed by atoms with van der Waals surface area (Å²) < 4.78 is 0. The molecule has 0 aliphatic carbocycles. The molecule has 0 fully saturated rings. The Hall–Kier alpha value is -0.930. The van der Waals surface area contributed by atoms with Gasteiger partial charge in [-0.25, -0.2) is 4.98 Å². The van der Waals surface area contributed by atoms with E-state index in [4.69, 9.17) is 11.6 Å². The fourth-order valence-corrected chi connectivity index (χ4v) is 2.22. The van der Waals surface area contributed by atoms with Crippen LogP contribution in [0, 0.1) is 0 Å². The standard InChI is InChI=1S/C8H4ClNOS/c9-7-5-2-1-3-10-8(5)12-6(7)4-11/h1-4H. The first kappa shape index (κ1) is 7.71. The smallest absolute Gasteiger partial charge is 0.161 e. The first-order valence-electron chi connectivity index (χ1n) is 3.31. The number of aldehydes is 1. The topological polar surface area (TPSA) is 30.0 Å². The van der Waals surface area contributed by atoms with E-state index in [-0.39, 0.29) is 0 Å². The van der Waals surface area contributed by atoms with Crippen molar-refractivity contribution in [1.29, 1.82) is 0 Å². The Labute approximate surface area is 77.8 Å². The number of carbonyl (C=O) groups is 1. The molecule has 2 aromatic rings. The number of rotatable bonds is 1. The molecule has 0 unspecified atom stereocenters. The maximum absolute atomic E-state index is 10.5. The van der Waals surface area contributed by atoms with Crippen molar-refractivity contribution < 1.29 is 4.79 Å². The van der Waals surface area contributed by atoms with Crippen molar-refractivity contribution in [1.82, 2.24) is 4.98 Å². The van der Waals surface area contributed by atoms with Crippen LogP contribution in [0.4, 0.5) is 0 Å². The second-order valence-corrected chi connectivity index (χ2v) is 3.66. The fraction of sp³-hybridized carbons (Fsp3) is 0. The minimum atomic E-state index is 0.512. The number of nitrogens with zero attached hydrogens (tertiary/aromatic N) is 1. The summed E-state index contributed by atoms with van der Waals surface area (Å²) in [5.41, 5.74) is 0. The van der Waals surface area contributed by atoms with Crippen molar-refractivity contribution in [3.8, 4) is 0 Å². The Balaban J connectivity index is 2.87. The monoisotopic (exact) mass is 197 g/mol. The number of fused-ring (bicyclic) bond motifs is 1. The van der Waals surface area contributed by atoms with E-state index in [9.17, 15) is 4.79 Å². The van der Waals surface area contributed by atoms with Crippen molar-refractivity contribution in [3.63, 3.8) is 0 Å². The molecule has 0 aliphatic heterocycles. The summed E-state index contributed by atoms with van der Waals surface area (Å²) >= 11 is 7.21. The first-order valence-corrected chi connectivity index (χ1v) is 4.50. The molecule has 2 rings (SSSR count). The van der Waals surface area contributed by atoms with Crippen LogP contribution < -0.4 is 0 Å². The molecule has 0 amide bonds. The van der Waals surface area contributed by atoms with Crippen LogP contribution in [-0.4, -0.2) is 11.3 Å². The number of aromatic nitrogens is 1. The average Bonchev–Trinajstić information content (AvgIpc) is 2.44. The maximum atomic E-state index is 10.5. The van der Waals surface area contributed by atoms with Gasteiger partial charge < -0.3 is 0 Å². The zero-order chi connectivity index (χ0) is 8.55. The van der Waals surface area contributed by atoms with E-state index < -0.39 is 0 Å². The van der Waals surface area contributed by atoms with Crippen LogP contribution in [0.5, 0.6) is 0 Å². The third-order valence-electron chi connectivity index (χ3n) is 1.54. The molecule has 0 spiro atoms. The SMILES string of the molecule is O=Cc1sc2ncccc2c1Cl. The van der Waals surface area contributed by atoms with E-state index in [0.29, 0.717) is 9.90 Å². The Morgan fingerprint density at radius 2 is 2.42 bits per heavy atom. The molecule has 2 nitrogen and oxygen atoms in total. The lowest BCUT2D eigenvalue weighted by molar-refractivity contribution is 0.112. The lowest BCUT2D eigenvalue weighted by Crippen LogP contribution is -1.69. The lowest BCUT2D eigenvalue weighted by atomic mass is 10.3. The lowest BCUT2D eigenvalue weighted by Gasteiger charge is -1.85. The zero-order valence-corrected chi connectivity index (χ0v) is 7.52. The highest BCUT2D eigenvalue weighted by Crippen LogP contribution is 2.32. The van der Waals surface area contributed by atoms with Crippen LogP contribution in [0.2, 0.25) is 5.02 Å². The molecule has 0 radical (unpaired) electrons. The molecule has 12 heavy (non-hydrogen) atoms. The van der Waals surface area contributed by atoms with E-state index in [0.717, 1.165) is 16.5 Å². The molecule has 2 heterocycles. The van der Waals surface area contributed by atoms with Gasteiger partial charge in [0.05, 0.1) is 9.90 Å². The predicted octanol–water partition coefficient (Wildman–Crippen LogP) is 2.76. The molecule has 0 bridgehead atoms. The van der Waals surface area contributed by atoms with Crippen LogP contribution in [0.3, 0.4) is 0 Å². The van der Waals surface area contributed by atoms with E-state index in [1.807, 2.05) is 6.07 Å². The highest BCUT2D eigenvalue weighted by atomic mass is 35.5. The first-order chi connectivity index (χ1) is 5.83. The summed E-state index contributed by atoms with van der Waals surface area (Å²) in [5.74, 6) is 0. The van der Waals surface area contributed by atoms with Crippen molar-refractivity contribution in [2.24, 2.45) is 0 Å². The Kier molecular flexibility index (Phi) is 1.83. The van der Waals surface area contributed by atoms with E-state index in [1.54, 1.807) is 12.3 Å². The van der Waals surface area contributed by atoms with Gasteiger partial charge in [-0.1, -0.05) is 11.6 Å². The van der Waals surface area contributed by atoms with Crippen LogP contribution in [0.25, 0.3) is 10.2 Å². The zero-order valence-electron chi connectivity index (χ0n) is 5.95. The molecule has 0 saturated carbocycles. The van der Waals surface area contributed by atoms with Gasteiger partial charge in [-0.3, -0.25) is 4.79 Å². The number of thiophene rings is 1. The fourth-order valence-electron chi connectivity index (χ4n) is 0.997. The molecule has 0 atom stereocenters. The van der Waals surface area contributed by atoms with Gasteiger partial charge >= 0.3 is 0 Å².